The van der Waals surface area contributed by atoms with Crippen molar-refractivity contribution in [1.29, 1.82) is 0 Å². The summed E-state index contributed by atoms with van der Waals surface area (Å²) in [7, 11) is 0. The van der Waals surface area contributed by atoms with Crippen molar-refractivity contribution in [2.45, 2.75) is 38.0 Å². The summed E-state index contributed by atoms with van der Waals surface area (Å²) in [6.45, 7) is 7.67. The molecule has 0 aliphatic heterocycles. The molecular formula is C24H20N2O. The normalized spacial score (nSPS) is 16.9. The molecule has 1 aliphatic carbocycles. The second-order valence-electron chi connectivity index (χ2n) is 7.11. The molecule has 0 saturated heterocycles. The molecule has 0 spiro atoms. The van der Waals surface area contributed by atoms with Crippen LogP contribution in [0.5, 0.6) is 0 Å². The van der Waals surface area contributed by atoms with E-state index in [9.17, 15) is 0 Å². The molecule has 5 rings (SSSR count). The number of aromatic nitrogens is 1. The first kappa shape index (κ1) is 15.0. The molecule has 0 unspecified atom stereocenters. The van der Waals surface area contributed by atoms with Gasteiger partial charge in [0.15, 0.2) is 5.69 Å². The average molecular weight is 353 g/mol. The SMILES string of the molecule is [2H]C1(c2c([N+]#[C-])ccc3c2oc2c(-c4ccccn4)cccc23)CCCCC1. The number of furan rings is 1. The van der Waals surface area contributed by atoms with Gasteiger partial charge in [0.25, 0.3) is 0 Å². The van der Waals surface area contributed by atoms with Gasteiger partial charge in [-0.2, -0.15) is 0 Å². The molecule has 4 aromatic rings. The molecule has 2 aromatic carbocycles. The summed E-state index contributed by atoms with van der Waals surface area (Å²) in [5.74, 6) is -0.753. The fourth-order valence-corrected chi connectivity index (χ4v) is 4.24. The summed E-state index contributed by atoms with van der Waals surface area (Å²) in [5, 5.41) is 1.99. The van der Waals surface area contributed by atoms with Crippen LogP contribution in [0, 0.1) is 6.57 Å². The molecule has 0 atom stereocenters. The standard InChI is InChI=1S/C24H20N2O/c1-25-21-14-13-18-17-10-7-11-19(20-12-5-6-15-26-20)23(17)27-24(18)22(21)16-8-3-2-4-9-16/h5-7,10-16H,2-4,8-9H2/i16D. The lowest BCUT2D eigenvalue weighted by atomic mass is 9.82. The summed E-state index contributed by atoms with van der Waals surface area (Å²) in [4.78, 5) is 8.23. The Labute approximate surface area is 159 Å². The van der Waals surface area contributed by atoms with Gasteiger partial charge in [-0.05, 0) is 36.9 Å². The van der Waals surface area contributed by atoms with Crippen LogP contribution >= 0.6 is 0 Å². The third-order valence-corrected chi connectivity index (χ3v) is 5.52. The first-order valence-corrected chi connectivity index (χ1v) is 9.49. The van der Waals surface area contributed by atoms with Crippen LogP contribution in [0.1, 0.15) is 44.9 Å². The third kappa shape index (κ3) is 2.61. The van der Waals surface area contributed by atoms with Crippen LogP contribution in [0.2, 0.25) is 0 Å². The van der Waals surface area contributed by atoms with E-state index in [-0.39, 0.29) is 0 Å². The largest absolute Gasteiger partial charge is 0.456 e. The van der Waals surface area contributed by atoms with Gasteiger partial charge in [-0.3, -0.25) is 4.98 Å². The molecule has 1 saturated carbocycles. The van der Waals surface area contributed by atoms with Gasteiger partial charge in [0.1, 0.15) is 11.2 Å². The average Bonchev–Trinajstić information content (AvgIpc) is 3.12. The van der Waals surface area contributed by atoms with E-state index in [2.05, 4.69) is 9.83 Å². The maximum absolute atomic E-state index is 9.16. The van der Waals surface area contributed by atoms with Crippen molar-refractivity contribution in [1.82, 2.24) is 4.98 Å². The van der Waals surface area contributed by atoms with Crippen molar-refractivity contribution in [3.63, 3.8) is 0 Å². The Hall–Kier alpha value is -3.12. The van der Waals surface area contributed by atoms with Crippen molar-refractivity contribution < 1.29 is 5.79 Å². The predicted octanol–water partition coefficient (Wildman–Crippen LogP) is 7.25. The number of rotatable bonds is 2. The van der Waals surface area contributed by atoms with Gasteiger partial charge in [0, 0.05) is 29.5 Å². The molecule has 132 valence electrons. The molecule has 0 amide bonds. The second kappa shape index (κ2) is 6.55. The third-order valence-electron chi connectivity index (χ3n) is 5.52. The summed E-state index contributed by atoms with van der Waals surface area (Å²) >= 11 is 0. The summed E-state index contributed by atoms with van der Waals surface area (Å²) < 4.78 is 15.6. The van der Waals surface area contributed by atoms with Crippen molar-refractivity contribution >= 4 is 27.6 Å². The summed E-state index contributed by atoms with van der Waals surface area (Å²) in [5.41, 5.74) is 4.58. The van der Waals surface area contributed by atoms with Gasteiger partial charge in [-0.15, -0.1) is 0 Å². The lowest BCUT2D eigenvalue weighted by Gasteiger charge is -2.23. The van der Waals surface area contributed by atoms with Crippen molar-refractivity contribution in [3.05, 3.63) is 71.7 Å². The number of hydrogen-bond donors (Lipinski definition) is 0. The van der Waals surface area contributed by atoms with E-state index in [0.717, 1.165) is 65.3 Å². The smallest absolute Gasteiger partial charge is 0.194 e. The Morgan fingerprint density at radius 2 is 1.81 bits per heavy atom. The molecule has 2 heterocycles. The molecule has 1 fully saturated rings. The quantitative estimate of drug-likeness (QED) is 0.355. The highest BCUT2D eigenvalue weighted by atomic mass is 16.3. The lowest BCUT2D eigenvalue weighted by Crippen LogP contribution is -2.04. The van der Waals surface area contributed by atoms with Crippen LogP contribution in [0.4, 0.5) is 5.69 Å². The van der Waals surface area contributed by atoms with Gasteiger partial charge >= 0.3 is 0 Å². The zero-order valence-electron chi connectivity index (χ0n) is 16.0. The fourth-order valence-electron chi connectivity index (χ4n) is 4.24. The number of nitrogens with zero attached hydrogens (tertiary/aromatic N) is 2. The minimum absolute atomic E-state index is 0.544. The lowest BCUT2D eigenvalue weighted by molar-refractivity contribution is 0.443. The highest BCUT2D eigenvalue weighted by molar-refractivity contribution is 6.11. The van der Waals surface area contributed by atoms with Gasteiger partial charge in [0.2, 0.25) is 0 Å². The number of hydrogen-bond acceptors (Lipinski definition) is 2. The Kier molecular flexibility index (Phi) is 3.64. The van der Waals surface area contributed by atoms with Gasteiger partial charge in [-0.1, -0.05) is 49.6 Å². The summed E-state index contributed by atoms with van der Waals surface area (Å²) in [6.07, 6.45) is 6.54. The zero-order valence-corrected chi connectivity index (χ0v) is 15.0. The molecule has 0 N–H and O–H groups in total. The Morgan fingerprint density at radius 3 is 2.59 bits per heavy atom. The Morgan fingerprint density at radius 1 is 0.963 bits per heavy atom. The molecule has 1 aliphatic rings. The van der Waals surface area contributed by atoms with Gasteiger partial charge in [-0.25, -0.2) is 4.85 Å². The van der Waals surface area contributed by atoms with E-state index in [1.807, 2.05) is 48.5 Å². The summed E-state index contributed by atoms with van der Waals surface area (Å²) in [6, 6.07) is 15.7. The van der Waals surface area contributed by atoms with Crippen molar-refractivity contribution in [2.24, 2.45) is 0 Å². The highest BCUT2D eigenvalue weighted by Crippen LogP contribution is 2.45. The predicted molar refractivity (Wildman–Crippen MR) is 109 cm³/mol. The number of para-hydroxylation sites is 1. The van der Waals surface area contributed by atoms with E-state index >= 15 is 0 Å². The first-order valence-electron chi connectivity index (χ1n) is 9.99. The van der Waals surface area contributed by atoms with Crippen LogP contribution < -0.4 is 0 Å². The fraction of sp³-hybridized carbons (Fsp3) is 0.250. The maximum atomic E-state index is 9.16. The van der Waals surface area contributed by atoms with Crippen LogP contribution in [0.3, 0.4) is 0 Å². The number of pyridine rings is 1. The van der Waals surface area contributed by atoms with Crippen molar-refractivity contribution in [3.8, 4) is 11.3 Å². The minimum Gasteiger partial charge on any atom is -0.456 e. The minimum atomic E-state index is -0.753. The highest BCUT2D eigenvalue weighted by Gasteiger charge is 2.24. The van der Waals surface area contributed by atoms with Crippen LogP contribution in [0.25, 0.3) is 38.0 Å². The van der Waals surface area contributed by atoms with Crippen LogP contribution in [0.15, 0.2) is 59.1 Å². The number of benzene rings is 2. The molecule has 0 radical (unpaired) electrons. The van der Waals surface area contributed by atoms with Crippen LogP contribution in [-0.2, 0) is 0 Å². The van der Waals surface area contributed by atoms with E-state index < -0.39 is 5.89 Å². The molecular weight excluding hydrogens is 332 g/mol. The first-order chi connectivity index (χ1) is 13.7. The van der Waals surface area contributed by atoms with E-state index in [1.165, 1.54) is 0 Å². The van der Waals surface area contributed by atoms with E-state index in [0.29, 0.717) is 11.3 Å². The maximum Gasteiger partial charge on any atom is 0.194 e. The van der Waals surface area contributed by atoms with Crippen molar-refractivity contribution in [2.75, 3.05) is 0 Å². The molecule has 27 heavy (non-hydrogen) atoms. The van der Waals surface area contributed by atoms with Crippen LogP contribution in [-0.4, -0.2) is 4.98 Å². The van der Waals surface area contributed by atoms with E-state index in [1.54, 1.807) is 6.20 Å². The van der Waals surface area contributed by atoms with Gasteiger partial charge in [0.05, 0.1) is 12.3 Å². The second-order valence-corrected chi connectivity index (χ2v) is 7.11. The van der Waals surface area contributed by atoms with E-state index in [4.69, 9.17) is 12.4 Å². The Balaban J connectivity index is 1.84. The molecule has 3 nitrogen and oxygen atoms in total. The molecule has 2 aromatic heterocycles. The number of fused-ring (bicyclic) bond motifs is 3. The molecule has 0 bridgehead atoms. The van der Waals surface area contributed by atoms with Gasteiger partial charge < -0.3 is 4.42 Å². The zero-order chi connectivity index (χ0) is 19.1. The molecule has 3 heteroatoms. The Bertz CT molecular complexity index is 1210. The monoisotopic (exact) mass is 353 g/mol. The topological polar surface area (TPSA) is 30.4 Å².